The van der Waals surface area contributed by atoms with Crippen molar-refractivity contribution in [2.75, 3.05) is 0 Å². The summed E-state index contributed by atoms with van der Waals surface area (Å²) in [7, 11) is -8.40. The first-order valence-corrected chi connectivity index (χ1v) is 9.91. The molecule has 0 aliphatic carbocycles. The average molecular weight is 456 g/mol. The first-order valence-electron chi connectivity index (χ1n) is 5.40. The van der Waals surface area contributed by atoms with Crippen LogP contribution in [0.3, 0.4) is 0 Å². The van der Waals surface area contributed by atoms with E-state index in [2.05, 4.69) is 31.9 Å². The van der Waals surface area contributed by atoms with Gasteiger partial charge in [0.25, 0.3) is 10.1 Å². The number of benzene rings is 2. The molecule has 2 rings (SSSR count). The van der Waals surface area contributed by atoms with Gasteiger partial charge in [0.05, 0.1) is 9.79 Å². The largest absolute Gasteiger partial charge is 0.295 e. The van der Waals surface area contributed by atoms with Gasteiger partial charge in [0, 0.05) is 8.95 Å². The SMILES string of the molecule is O=S(=O)(O)c1cc(S(=O)(=O)c2ccc(Br)cc2)ccc1Br. The minimum atomic E-state index is -4.52. The average Bonchev–Trinajstić information content (AvgIpc) is 2.38. The number of rotatable bonds is 3. The Morgan fingerprint density at radius 2 is 1.33 bits per heavy atom. The van der Waals surface area contributed by atoms with Crippen molar-refractivity contribution in [1.29, 1.82) is 0 Å². The van der Waals surface area contributed by atoms with Crippen LogP contribution in [0, 0.1) is 0 Å². The number of hydrogen-bond acceptors (Lipinski definition) is 4. The highest BCUT2D eigenvalue weighted by Crippen LogP contribution is 2.28. The molecule has 5 nitrogen and oxygen atoms in total. The lowest BCUT2D eigenvalue weighted by Gasteiger charge is -2.07. The lowest BCUT2D eigenvalue weighted by molar-refractivity contribution is 0.482. The molecule has 2 aromatic rings. The van der Waals surface area contributed by atoms with E-state index in [-0.39, 0.29) is 14.3 Å². The molecule has 0 radical (unpaired) electrons. The van der Waals surface area contributed by atoms with Crippen LogP contribution in [0.5, 0.6) is 0 Å². The number of halogens is 2. The maximum Gasteiger partial charge on any atom is 0.295 e. The third kappa shape index (κ3) is 3.54. The molecule has 0 aliphatic heterocycles. The van der Waals surface area contributed by atoms with Gasteiger partial charge in [0.2, 0.25) is 9.84 Å². The molecular formula is C12H8Br2O5S2. The molecular weight excluding hydrogens is 448 g/mol. The van der Waals surface area contributed by atoms with Crippen LogP contribution in [-0.2, 0) is 20.0 Å². The summed E-state index contributed by atoms with van der Waals surface area (Å²) in [5.74, 6) is 0. The maximum absolute atomic E-state index is 12.4. The van der Waals surface area contributed by atoms with Crippen LogP contribution >= 0.6 is 31.9 Å². The summed E-state index contributed by atoms with van der Waals surface area (Å²) in [4.78, 5) is -0.698. The normalized spacial score (nSPS) is 12.3. The van der Waals surface area contributed by atoms with Crippen LogP contribution in [0.4, 0.5) is 0 Å². The fourth-order valence-corrected chi connectivity index (χ4v) is 4.67. The molecule has 0 amide bonds. The van der Waals surface area contributed by atoms with Gasteiger partial charge in [-0.1, -0.05) is 15.9 Å². The molecule has 0 saturated carbocycles. The van der Waals surface area contributed by atoms with E-state index in [1.807, 2.05) is 0 Å². The summed E-state index contributed by atoms with van der Waals surface area (Å²) in [6.07, 6.45) is 0. The smallest absolute Gasteiger partial charge is 0.282 e. The molecule has 1 N–H and O–H groups in total. The van der Waals surface area contributed by atoms with Crippen molar-refractivity contribution >= 4 is 51.8 Å². The summed E-state index contributed by atoms with van der Waals surface area (Å²) >= 11 is 6.16. The summed E-state index contributed by atoms with van der Waals surface area (Å²) in [5, 5.41) is 0. The van der Waals surface area contributed by atoms with Gasteiger partial charge in [0.15, 0.2) is 0 Å². The minimum absolute atomic E-state index is 0.0225. The zero-order valence-corrected chi connectivity index (χ0v) is 15.0. The summed E-state index contributed by atoms with van der Waals surface area (Å²) in [6.45, 7) is 0. The molecule has 0 bridgehead atoms. The second kappa shape index (κ2) is 5.81. The molecule has 0 heterocycles. The van der Waals surface area contributed by atoms with Crippen molar-refractivity contribution in [3.05, 3.63) is 51.4 Å². The summed E-state index contributed by atoms with van der Waals surface area (Å²) < 4.78 is 57.2. The van der Waals surface area contributed by atoms with Crippen LogP contribution < -0.4 is 0 Å². The van der Waals surface area contributed by atoms with Crippen molar-refractivity contribution in [1.82, 2.24) is 0 Å². The van der Waals surface area contributed by atoms with Crippen molar-refractivity contribution in [2.24, 2.45) is 0 Å². The van der Waals surface area contributed by atoms with Crippen molar-refractivity contribution < 1.29 is 21.4 Å². The zero-order chi connectivity index (χ0) is 15.8. The molecule has 0 aliphatic rings. The van der Waals surface area contributed by atoms with Crippen molar-refractivity contribution in [3.8, 4) is 0 Å². The van der Waals surface area contributed by atoms with E-state index in [0.717, 1.165) is 10.5 Å². The molecule has 0 aromatic heterocycles. The Hall–Kier alpha value is -0.740. The Balaban J connectivity index is 2.64. The van der Waals surface area contributed by atoms with Crippen LogP contribution in [0.15, 0.2) is 66.1 Å². The molecule has 21 heavy (non-hydrogen) atoms. The maximum atomic E-state index is 12.4. The van der Waals surface area contributed by atoms with Gasteiger partial charge in [0.1, 0.15) is 4.90 Å². The topological polar surface area (TPSA) is 88.5 Å². The molecule has 2 aromatic carbocycles. The Bertz CT molecular complexity index is 888. The third-order valence-electron chi connectivity index (χ3n) is 2.61. The van der Waals surface area contributed by atoms with Gasteiger partial charge in [-0.3, -0.25) is 4.55 Å². The van der Waals surface area contributed by atoms with E-state index >= 15 is 0 Å². The number of hydrogen-bond donors (Lipinski definition) is 1. The van der Waals surface area contributed by atoms with Gasteiger partial charge < -0.3 is 0 Å². The molecule has 9 heteroatoms. The fourth-order valence-electron chi connectivity index (χ4n) is 1.60. The lowest BCUT2D eigenvalue weighted by Crippen LogP contribution is -2.05. The van der Waals surface area contributed by atoms with Gasteiger partial charge in [-0.05, 0) is 58.4 Å². The Morgan fingerprint density at radius 1 is 0.810 bits per heavy atom. The lowest BCUT2D eigenvalue weighted by atomic mass is 10.4. The summed E-state index contributed by atoms with van der Waals surface area (Å²) in [5.41, 5.74) is 0. The fraction of sp³-hybridized carbons (Fsp3) is 0. The highest BCUT2D eigenvalue weighted by molar-refractivity contribution is 9.10. The summed E-state index contributed by atoms with van der Waals surface area (Å²) in [6, 6.07) is 9.36. The molecule has 112 valence electrons. The van der Waals surface area contributed by atoms with Crippen molar-refractivity contribution in [2.45, 2.75) is 14.7 Å². The first-order chi connectivity index (χ1) is 9.62. The van der Waals surface area contributed by atoms with E-state index in [4.69, 9.17) is 4.55 Å². The molecule has 0 unspecified atom stereocenters. The molecule has 0 spiro atoms. The molecule has 0 atom stereocenters. The van der Waals surface area contributed by atoms with Gasteiger partial charge in [-0.25, -0.2) is 8.42 Å². The Morgan fingerprint density at radius 3 is 1.86 bits per heavy atom. The van der Waals surface area contributed by atoms with Gasteiger partial charge in [-0.15, -0.1) is 0 Å². The Labute approximate surface area is 138 Å². The van der Waals surface area contributed by atoms with E-state index in [0.29, 0.717) is 0 Å². The van der Waals surface area contributed by atoms with E-state index in [1.54, 1.807) is 12.1 Å². The second-order valence-electron chi connectivity index (χ2n) is 4.02. The predicted octanol–water partition coefficient (Wildman–Crippen LogP) is 3.29. The third-order valence-corrected chi connectivity index (χ3v) is 6.76. The molecule has 0 fully saturated rings. The Kier molecular flexibility index (Phi) is 4.60. The van der Waals surface area contributed by atoms with Gasteiger partial charge >= 0.3 is 0 Å². The quantitative estimate of drug-likeness (QED) is 0.717. The van der Waals surface area contributed by atoms with E-state index < -0.39 is 24.9 Å². The standard InChI is InChI=1S/C12H8Br2O5S2/c13-8-1-3-9(4-2-8)20(15,16)10-5-6-11(14)12(7-10)21(17,18)19/h1-7H,(H,17,18,19). The van der Waals surface area contributed by atoms with Crippen LogP contribution in [0.2, 0.25) is 0 Å². The van der Waals surface area contributed by atoms with E-state index in [1.165, 1.54) is 24.3 Å². The monoisotopic (exact) mass is 454 g/mol. The molecule has 0 saturated heterocycles. The second-order valence-corrected chi connectivity index (χ2v) is 9.13. The highest BCUT2D eigenvalue weighted by Gasteiger charge is 2.22. The first kappa shape index (κ1) is 16.6. The van der Waals surface area contributed by atoms with Crippen LogP contribution in [0.25, 0.3) is 0 Å². The van der Waals surface area contributed by atoms with Crippen LogP contribution in [0.1, 0.15) is 0 Å². The number of sulfone groups is 1. The zero-order valence-electron chi connectivity index (χ0n) is 10.2. The van der Waals surface area contributed by atoms with Gasteiger partial charge in [-0.2, -0.15) is 8.42 Å². The van der Waals surface area contributed by atoms with Crippen molar-refractivity contribution in [3.63, 3.8) is 0 Å². The predicted molar refractivity (Wildman–Crippen MR) is 83.6 cm³/mol. The highest BCUT2D eigenvalue weighted by atomic mass is 79.9. The van der Waals surface area contributed by atoms with Crippen LogP contribution in [-0.4, -0.2) is 21.4 Å². The van der Waals surface area contributed by atoms with E-state index in [9.17, 15) is 16.8 Å². The minimum Gasteiger partial charge on any atom is -0.282 e.